The molecular formula is C11H16BrN. The lowest BCUT2D eigenvalue weighted by Crippen LogP contribution is -2.17. The van der Waals surface area contributed by atoms with Gasteiger partial charge in [0.05, 0.1) is 0 Å². The molecule has 1 rings (SSSR count). The molecular weight excluding hydrogens is 226 g/mol. The minimum absolute atomic E-state index is 0.236. The summed E-state index contributed by atoms with van der Waals surface area (Å²) in [6.07, 6.45) is 0.953. The molecule has 1 atom stereocenters. The summed E-state index contributed by atoms with van der Waals surface area (Å²) in [5, 5.41) is 0. The lowest BCUT2D eigenvalue weighted by atomic mass is 10.0. The summed E-state index contributed by atoms with van der Waals surface area (Å²) in [5.74, 6) is 0. The highest BCUT2D eigenvalue weighted by atomic mass is 79.9. The predicted octanol–water partition coefficient (Wildman–Crippen LogP) is 2.96. The second-order valence-corrected chi connectivity index (χ2v) is 4.52. The van der Waals surface area contributed by atoms with Crippen LogP contribution < -0.4 is 5.73 Å². The molecule has 2 heteroatoms. The van der Waals surface area contributed by atoms with Gasteiger partial charge in [-0.2, -0.15) is 0 Å². The second kappa shape index (κ2) is 4.25. The predicted molar refractivity (Wildman–Crippen MR) is 61.0 cm³/mol. The SMILES string of the molecule is Cc1cc(C[C@H](C)N)cc(C)c1Br. The molecule has 2 N–H and O–H groups in total. The quantitative estimate of drug-likeness (QED) is 0.847. The van der Waals surface area contributed by atoms with Gasteiger partial charge in [0.25, 0.3) is 0 Å². The van der Waals surface area contributed by atoms with Crippen molar-refractivity contribution in [2.45, 2.75) is 33.2 Å². The van der Waals surface area contributed by atoms with Gasteiger partial charge in [-0.25, -0.2) is 0 Å². The molecule has 13 heavy (non-hydrogen) atoms. The standard InChI is InChI=1S/C11H16BrN/c1-7-4-10(6-9(3)13)5-8(2)11(7)12/h4-5,9H,6,13H2,1-3H3/t9-/m0/s1. The van der Waals surface area contributed by atoms with Crippen LogP contribution in [0.3, 0.4) is 0 Å². The van der Waals surface area contributed by atoms with Gasteiger partial charge in [0.2, 0.25) is 0 Å². The fourth-order valence-electron chi connectivity index (χ4n) is 1.53. The third kappa shape index (κ3) is 2.82. The Labute approximate surface area is 88.5 Å². The van der Waals surface area contributed by atoms with Crippen LogP contribution in [0.4, 0.5) is 0 Å². The summed E-state index contributed by atoms with van der Waals surface area (Å²) in [6, 6.07) is 4.63. The Hall–Kier alpha value is -0.340. The van der Waals surface area contributed by atoms with Crippen molar-refractivity contribution in [1.82, 2.24) is 0 Å². The third-order valence-electron chi connectivity index (χ3n) is 2.05. The maximum Gasteiger partial charge on any atom is 0.0233 e. The van der Waals surface area contributed by atoms with E-state index in [9.17, 15) is 0 Å². The van der Waals surface area contributed by atoms with Crippen molar-refractivity contribution in [3.63, 3.8) is 0 Å². The molecule has 0 saturated heterocycles. The first-order valence-corrected chi connectivity index (χ1v) is 5.31. The topological polar surface area (TPSA) is 26.0 Å². The highest BCUT2D eigenvalue weighted by Gasteiger charge is 2.03. The van der Waals surface area contributed by atoms with Crippen LogP contribution in [0, 0.1) is 13.8 Å². The average Bonchev–Trinajstić information content (AvgIpc) is 1.98. The van der Waals surface area contributed by atoms with Crippen molar-refractivity contribution in [3.8, 4) is 0 Å². The first-order valence-electron chi connectivity index (χ1n) is 4.52. The summed E-state index contributed by atoms with van der Waals surface area (Å²) in [4.78, 5) is 0. The molecule has 0 heterocycles. The number of nitrogens with two attached hydrogens (primary N) is 1. The van der Waals surface area contributed by atoms with Crippen LogP contribution >= 0.6 is 15.9 Å². The van der Waals surface area contributed by atoms with Gasteiger partial charge in [-0.3, -0.25) is 0 Å². The van der Waals surface area contributed by atoms with Crippen LogP contribution in [0.1, 0.15) is 23.6 Å². The van der Waals surface area contributed by atoms with E-state index >= 15 is 0 Å². The van der Waals surface area contributed by atoms with E-state index in [0.29, 0.717) is 0 Å². The van der Waals surface area contributed by atoms with E-state index in [0.717, 1.165) is 6.42 Å². The Bertz CT molecular complexity index is 282. The maximum absolute atomic E-state index is 5.75. The largest absolute Gasteiger partial charge is 0.328 e. The first-order chi connectivity index (χ1) is 6.00. The van der Waals surface area contributed by atoms with Gasteiger partial charge in [-0.15, -0.1) is 0 Å². The molecule has 0 amide bonds. The Morgan fingerprint density at radius 2 is 1.77 bits per heavy atom. The van der Waals surface area contributed by atoms with Crippen LogP contribution in [0.15, 0.2) is 16.6 Å². The monoisotopic (exact) mass is 241 g/mol. The fraction of sp³-hybridized carbons (Fsp3) is 0.455. The minimum atomic E-state index is 0.236. The van der Waals surface area contributed by atoms with Crippen molar-refractivity contribution >= 4 is 15.9 Å². The molecule has 0 aliphatic heterocycles. The van der Waals surface area contributed by atoms with Gasteiger partial charge in [-0.1, -0.05) is 28.1 Å². The minimum Gasteiger partial charge on any atom is -0.328 e. The van der Waals surface area contributed by atoms with Gasteiger partial charge in [0.15, 0.2) is 0 Å². The molecule has 1 aromatic rings. The van der Waals surface area contributed by atoms with Gasteiger partial charge >= 0.3 is 0 Å². The van der Waals surface area contributed by atoms with Crippen LogP contribution in [0.5, 0.6) is 0 Å². The molecule has 0 aliphatic rings. The van der Waals surface area contributed by atoms with E-state index < -0.39 is 0 Å². The zero-order valence-electron chi connectivity index (χ0n) is 8.39. The molecule has 0 saturated carbocycles. The first kappa shape index (κ1) is 10.7. The number of aryl methyl sites for hydroxylation is 2. The highest BCUT2D eigenvalue weighted by Crippen LogP contribution is 2.22. The van der Waals surface area contributed by atoms with E-state index in [1.54, 1.807) is 0 Å². The van der Waals surface area contributed by atoms with Crippen molar-refractivity contribution in [2.24, 2.45) is 5.73 Å². The van der Waals surface area contributed by atoms with Gasteiger partial charge in [-0.05, 0) is 43.9 Å². The highest BCUT2D eigenvalue weighted by molar-refractivity contribution is 9.10. The van der Waals surface area contributed by atoms with Crippen molar-refractivity contribution < 1.29 is 0 Å². The van der Waals surface area contributed by atoms with E-state index in [1.165, 1.54) is 21.2 Å². The van der Waals surface area contributed by atoms with Crippen molar-refractivity contribution in [1.29, 1.82) is 0 Å². The molecule has 1 aromatic carbocycles. The molecule has 0 radical (unpaired) electrons. The number of hydrogen-bond donors (Lipinski definition) is 1. The molecule has 1 nitrogen and oxygen atoms in total. The molecule has 72 valence electrons. The molecule has 0 bridgehead atoms. The van der Waals surface area contributed by atoms with Crippen LogP contribution in [0.2, 0.25) is 0 Å². The Kier molecular flexibility index (Phi) is 3.51. The summed E-state index contributed by atoms with van der Waals surface area (Å²) >= 11 is 3.55. The van der Waals surface area contributed by atoms with Crippen molar-refractivity contribution in [2.75, 3.05) is 0 Å². The zero-order valence-corrected chi connectivity index (χ0v) is 9.98. The maximum atomic E-state index is 5.75. The molecule has 0 fully saturated rings. The summed E-state index contributed by atoms with van der Waals surface area (Å²) in [6.45, 7) is 6.26. The summed E-state index contributed by atoms with van der Waals surface area (Å²) < 4.78 is 1.21. The van der Waals surface area contributed by atoms with Gasteiger partial charge < -0.3 is 5.73 Å². The van der Waals surface area contributed by atoms with E-state index in [4.69, 9.17) is 5.73 Å². The Morgan fingerprint density at radius 1 is 1.31 bits per heavy atom. The van der Waals surface area contributed by atoms with E-state index in [-0.39, 0.29) is 6.04 Å². The summed E-state index contributed by atoms with van der Waals surface area (Å²) in [7, 11) is 0. The fourth-order valence-corrected chi connectivity index (χ4v) is 1.75. The summed E-state index contributed by atoms with van der Waals surface area (Å²) in [5.41, 5.74) is 9.65. The van der Waals surface area contributed by atoms with Gasteiger partial charge in [0, 0.05) is 10.5 Å². The smallest absolute Gasteiger partial charge is 0.0233 e. The Morgan fingerprint density at radius 3 is 2.15 bits per heavy atom. The number of rotatable bonds is 2. The Balaban J connectivity index is 2.99. The molecule has 0 aliphatic carbocycles. The number of halogens is 1. The average molecular weight is 242 g/mol. The van der Waals surface area contributed by atoms with Crippen LogP contribution in [-0.4, -0.2) is 6.04 Å². The lowest BCUT2D eigenvalue weighted by molar-refractivity contribution is 0.737. The van der Waals surface area contributed by atoms with E-state index in [2.05, 4.69) is 41.9 Å². The zero-order chi connectivity index (χ0) is 10.0. The lowest BCUT2D eigenvalue weighted by Gasteiger charge is -2.09. The normalized spacial score (nSPS) is 13.0. The molecule has 0 aromatic heterocycles. The molecule has 0 spiro atoms. The van der Waals surface area contributed by atoms with Gasteiger partial charge in [0.1, 0.15) is 0 Å². The van der Waals surface area contributed by atoms with Crippen LogP contribution in [0.25, 0.3) is 0 Å². The second-order valence-electron chi connectivity index (χ2n) is 3.73. The molecule has 0 unspecified atom stereocenters. The number of hydrogen-bond acceptors (Lipinski definition) is 1. The number of benzene rings is 1. The third-order valence-corrected chi connectivity index (χ3v) is 3.30. The van der Waals surface area contributed by atoms with Crippen LogP contribution in [-0.2, 0) is 6.42 Å². The van der Waals surface area contributed by atoms with Crippen molar-refractivity contribution in [3.05, 3.63) is 33.3 Å². The van der Waals surface area contributed by atoms with E-state index in [1.807, 2.05) is 6.92 Å².